The number of hydrogen-bond donors (Lipinski definition) is 1. The average Bonchev–Trinajstić information content (AvgIpc) is 2.82. The summed E-state index contributed by atoms with van der Waals surface area (Å²) in [5, 5.41) is 4.59. The van der Waals surface area contributed by atoms with Crippen LogP contribution in [0.2, 0.25) is 0 Å². The number of nitrogens with zero attached hydrogens (tertiary/aromatic N) is 3. The van der Waals surface area contributed by atoms with Gasteiger partial charge >= 0.3 is 0 Å². The molecule has 0 aliphatic rings. The van der Waals surface area contributed by atoms with Gasteiger partial charge in [0, 0.05) is 11.7 Å². The van der Waals surface area contributed by atoms with E-state index in [1.54, 1.807) is 0 Å². The van der Waals surface area contributed by atoms with Gasteiger partial charge in [-0.2, -0.15) is 5.10 Å². The molecule has 4 nitrogen and oxygen atoms in total. The minimum absolute atomic E-state index is 0.0338. The number of pyridine rings is 1. The lowest BCUT2D eigenvalue weighted by atomic mass is 10.2. The second kappa shape index (κ2) is 5.31. The fourth-order valence-corrected chi connectivity index (χ4v) is 1.92. The molecule has 96 valence electrons. The molecule has 0 saturated carbocycles. The molecule has 2 aromatic rings. The fourth-order valence-electron chi connectivity index (χ4n) is 1.92. The largest absolute Gasteiger partial charge is 0.323 e. The molecule has 1 atom stereocenters. The molecule has 0 aromatic carbocycles. The van der Waals surface area contributed by atoms with Crippen molar-refractivity contribution < 1.29 is 0 Å². The quantitative estimate of drug-likeness (QED) is 0.898. The first-order valence-electron chi connectivity index (χ1n) is 6.45. The van der Waals surface area contributed by atoms with Gasteiger partial charge in [-0.15, -0.1) is 0 Å². The standard InChI is InChI=1S/C14H20N4/c1-4-11-8-12(5-2)18(17-11)13-6-7-14(10(3)15)16-9-13/h6-10H,4-5,15H2,1-3H3/t10-/m0/s1. The molecule has 2 aromatic heterocycles. The molecule has 0 bridgehead atoms. The summed E-state index contributed by atoms with van der Waals surface area (Å²) in [5.41, 5.74) is 10.0. The van der Waals surface area contributed by atoms with Crippen LogP contribution >= 0.6 is 0 Å². The summed E-state index contributed by atoms with van der Waals surface area (Å²) < 4.78 is 1.97. The Labute approximate surface area is 108 Å². The highest BCUT2D eigenvalue weighted by Gasteiger charge is 2.08. The number of rotatable bonds is 4. The van der Waals surface area contributed by atoms with E-state index in [0.717, 1.165) is 29.9 Å². The summed E-state index contributed by atoms with van der Waals surface area (Å²) in [6.07, 6.45) is 3.75. The van der Waals surface area contributed by atoms with Gasteiger partial charge < -0.3 is 5.73 Å². The highest BCUT2D eigenvalue weighted by Crippen LogP contribution is 2.15. The van der Waals surface area contributed by atoms with Crippen molar-refractivity contribution in [3.8, 4) is 5.69 Å². The first-order valence-corrected chi connectivity index (χ1v) is 6.45. The Morgan fingerprint density at radius 1 is 1.28 bits per heavy atom. The zero-order valence-corrected chi connectivity index (χ0v) is 11.2. The summed E-state index contributed by atoms with van der Waals surface area (Å²) in [6, 6.07) is 6.11. The van der Waals surface area contributed by atoms with Gasteiger partial charge in [-0.1, -0.05) is 13.8 Å². The molecular formula is C14H20N4. The molecule has 0 unspecified atom stereocenters. The molecule has 2 N–H and O–H groups in total. The van der Waals surface area contributed by atoms with Gasteiger partial charge in [0.2, 0.25) is 0 Å². The van der Waals surface area contributed by atoms with E-state index in [1.165, 1.54) is 5.69 Å². The Kier molecular flexibility index (Phi) is 3.77. The molecular weight excluding hydrogens is 224 g/mol. The topological polar surface area (TPSA) is 56.7 Å². The Morgan fingerprint density at radius 2 is 2.06 bits per heavy atom. The zero-order chi connectivity index (χ0) is 13.1. The van der Waals surface area contributed by atoms with Gasteiger partial charge in [0.15, 0.2) is 0 Å². The highest BCUT2D eigenvalue weighted by atomic mass is 15.3. The third-order valence-electron chi connectivity index (χ3n) is 3.04. The van der Waals surface area contributed by atoms with Crippen molar-refractivity contribution in [2.75, 3.05) is 0 Å². The van der Waals surface area contributed by atoms with Crippen molar-refractivity contribution in [2.24, 2.45) is 5.73 Å². The molecule has 2 heterocycles. The van der Waals surface area contributed by atoms with Crippen molar-refractivity contribution in [3.63, 3.8) is 0 Å². The van der Waals surface area contributed by atoms with Gasteiger partial charge in [-0.05, 0) is 38.0 Å². The summed E-state index contributed by atoms with van der Waals surface area (Å²) in [6.45, 7) is 6.18. The summed E-state index contributed by atoms with van der Waals surface area (Å²) in [5.74, 6) is 0. The van der Waals surface area contributed by atoms with Crippen LogP contribution in [-0.2, 0) is 12.8 Å². The zero-order valence-electron chi connectivity index (χ0n) is 11.2. The van der Waals surface area contributed by atoms with E-state index >= 15 is 0 Å². The van der Waals surface area contributed by atoms with E-state index in [2.05, 4.69) is 30.0 Å². The van der Waals surface area contributed by atoms with Crippen LogP contribution in [0.3, 0.4) is 0 Å². The third-order valence-corrected chi connectivity index (χ3v) is 3.04. The molecule has 0 amide bonds. The van der Waals surface area contributed by atoms with Gasteiger partial charge in [-0.3, -0.25) is 4.98 Å². The molecule has 0 aliphatic carbocycles. The fraction of sp³-hybridized carbons (Fsp3) is 0.429. The Hall–Kier alpha value is -1.68. The van der Waals surface area contributed by atoms with Crippen LogP contribution in [0.25, 0.3) is 5.69 Å². The van der Waals surface area contributed by atoms with Gasteiger partial charge in [0.1, 0.15) is 0 Å². The smallest absolute Gasteiger partial charge is 0.0832 e. The molecule has 0 radical (unpaired) electrons. The van der Waals surface area contributed by atoms with Crippen molar-refractivity contribution in [1.82, 2.24) is 14.8 Å². The van der Waals surface area contributed by atoms with Crippen LogP contribution in [0.4, 0.5) is 0 Å². The van der Waals surface area contributed by atoms with Crippen LogP contribution < -0.4 is 5.73 Å². The second-order valence-electron chi connectivity index (χ2n) is 4.48. The van der Waals surface area contributed by atoms with Crippen molar-refractivity contribution in [3.05, 3.63) is 41.5 Å². The van der Waals surface area contributed by atoms with Crippen molar-refractivity contribution in [1.29, 1.82) is 0 Å². The van der Waals surface area contributed by atoms with E-state index in [-0.39, 0.29) is 6.04 Å². The van der Waals surface area contributed by atoms with Crippen molar-refractivity contribution >= 4 is 0 Å². The van der Waals surface area contributed by atoms with E-state index in [4.69, 9.17) is 5.73 Å². The normalized spacial score (nSPS) is 12.7. The highest BCUT2D eigenvalue weighted by molar-refractivity contribution is 5.32. The maximum absolute atomic E-state index is 5.80. The van der Waals surface area contributed by atoms with E-state index in [1.807, 2.05) is 29.9 Å². The van der Waals surface area contributed by atoms with Crippen LogP contribution in [0.5, 0.6) is 0 Å². The van der Waals surface area contributed by atoms with Crippen molar-refractivity contribution in [2.45, 2.75) is 39.7 Å². The van der Waals surface area contributed by atoms with Gasteiger partial charge in [0.05, 0.1) is 23.3 Å². The lowest BCUT2D eigenvalue weighted by Gasteiger charge is -2.08. The number of nitrogens with two attached hydrogens (primary N) is 1. The maximum atomic E-state index is 5.80. The monoisotopic (exact) mass is 244 g/mol. The molecule has 0 fully saturated rings. The van der Waals surface area contributed by atoms with Gasteiger partial charge in [0.25, 0.3) is 0 Å². The minimum atomic E-state index is -0.0338. The van der Waals surface area contributed by atoms with Crippen LogP contribution in [0, 0.1) is 0 Å². The number of aromatic nitrogens is 3. The Morgan fingerprint density at radius 3 is 2.56 bits per heavy atom. The molecule has 0 aliphatic heterocycles. The lowest BCUT2D eigenvalue weighted by molar-refractivity contribution is 0.762. The SMILES string of the molecule is CCc1cc(CC)n(-c2ccc([C@H](C)N)nc2)n1. The van der Waals surface area contributed by atoms with E-state index < -0.39 is 0 Å². The predicted octanol–water partition coefficient (Wildman–Crippen LogP) is 2.41. The number of hydrogen-bond acceptors (Lipinski definition) is 3. The molecule has 18 heavy (non-hydrogen) atoms. The predicted molar refractivity (Wildman–Crippen MR) is 72.7 cm³/mol. The molecule has 4 heteroatoms. The first-order chi connectivity index (χ1) is 8.65. The van der Waals surface area contributed by atoms with Crippen LogP contribution in [-0.4, -0.2) is 14.8 Å². The number of aryl methyl sites for hydroxylation is 2. The van der Waals surface area contributed by atoms with Crippen LogP contribution in [0.15, 0.2) is 24.4 Å². The molecule has 0 spiro atoms. The summed E-state index contributed by atoms with van der Waals surface area (Å²) in [4.78, 5) is 4.38. The first kappa shape index (κ1) is 12.8. The molecule has 0 saturated heterocycles. The van der Waals surface area contributed by atoms with Gasteiger partial charge in [-0.25, -0.2) is 4.68 Å². The second-order valence-corrected chi connectivity index (χ2v) is 4.48. The third kappa shape index (κ3) is 2.43. The molecule has 2 rings (SSSR count). The Balaban J connectivity index is 2.38. The van der Waals surface area contributed by atoms with E-state index in [9.17, 15) is 0 Å². The average molecular weight is 244 g/mol. The maximum Gasteiger partial charge on any atom is 0.0832 e. The summed E-state index contributed by atoms with van der Waals surface area (Å²) in [7, 11) is 0. The van der Waals surface area contributed by atoms with E-state index in [0.29, 0.717) is 0 Å². The minimum Gasteiger partial charge on any atom is -0.323 e. The lowest BCUT2D eigenvalue weighted by Crippen LogP contribution is -2.08. The Bertz CT molecular complexity index is 511. The van der Waals surface area contributed by atoms with Crippen LogP contribution in [0.1, 0.15) is 43.9 Å². The summed E-state index contributed by atoms with van der Waals surface area (Å²) >= 11 is 0.